The van der Waals surface area contributed by atoms with E-state index in [1.54, 1.807) is 0 Å². The summed E-state index contributed by atoms with van der Waals surface area (Å²) in [5, 5.41) is 3.61. The van der Waals surface area contributed by atoms with Gasteiger partial charge in [0, 0.05) is 25.7 Å². The molecule has 0 aromatic rings. The summed E-state index contributed by atoms with van der Waals surface area (Å²) in [5.74, 6) is 0.644. The van der Waals surface area contributed by atoms with Crippen molar-refractivity contribution in [2.24, 2.45) is 5.92 Å². The quantitative estimate of drug-likeness (QED) is 0.752. The summed E-state index contributed by atoms with van der Waals surface area (Å²) < 4.78 is 11.3. The van der Waals surface area contributed by atoms with Gasteiger partial charge in [-0.2, -0.15) is 0 Å². The molecule has 0 aromatic carbocycles. The largest absolute Gasteiger partial charge is 0.381 e. The zero-order chi connectivity index (χ0) is 10.7. The van der Waals surface area contributed by atoms with Gasteiger partial charge in [-0.25, -0.2) is 0 Å². The summed E-state index contributed by atoms with van der Waals surface area (Å²) in [6, 6.07) is 0.490. The highest BCUT2D eigenvalue weighted by molar-refractivity contribution is 5.02. The van der Waals surface area contributed by atoms with Crippen molar-refractivity contribution in [1.82, 2.24) is 5.32 Å². The topological polar surface area (TPSA) is 30.5 Å². The Bertz CT molecular complexity index is 192. The minimum Gasteiger partial charge on any atom is -0.381 e. The highest BCUT2D eigenvalue weighted by atomic mass is 16.5. The van der Waals surface area contributed by atoms with Crippen LogP contribution < -0.4 is 5.32 Å². The first kappa shape index (κ1) is 11.4. The summed E-state index contributed by atoms with van der Waals surface area (Å²) in [6.07, 6.45) is 4.90. The zero-order valence-electron chi connectivity index (χ0n) is 9.92. The van der Waals surface area contributed by atoms with Crippen LogP contribution in [0.25, 0.3) is 0 Å². The summed E-state index contributed by atoms with van der Waals surface area (Å²) in [4.78, 5) is 0. The van der Waals surface area contributed by atoms with E-state index in [0.717, 1.165) is 19.8 Å². The maximum atomic E-state index is 5.78. The highest BCUT2D eigenvalue weighted by Gasteiger charge is 2.47. The van der Waals surface area contributed by atoms with Gasteiger partial charge >= 0.3 is 0 Å². The van der Waals surface area contributed by atoms with Crippen LogP contribution in [0.4, 0.5) is 0 Å². The summed E-state index contributed by atoms with van der Waals surface area (Å²) in [6.45, 7) is 5.02. The minimum atomic E-state index is 0.106. The molecule has 0 spiro atoms. The van der Waals surface area contributed by atoms with Crippen LogP contribution in [-0.4, -0.2) is 38.5 Å². The number of likely N-dealkylation sites (N-methyl/N-ethyl adjacent to an activating group) is 1. The molecule has 0 amide bonds. The van der Waals surface area contributed by atoms with Gasteiger partial charge in [0.1, 0.15) is 0 Å². The molecule has 0 radical (unpaired) electrons. The van der Waals surface area contributed by atoms with Crippen LogP contribution in [0.2, 0.25) is 0 Å². The standard InChI is InChI=1S/C12H23NO2/c1-3-13-11(10-5-8-15-9-10)12(14-2)6-4-7-12/h10-11,13H,3-9H2,1-2H3. The molecule has 2 rings (SSSR count). The van der Waals surface area contributed by atoms with Crippen molar-refractivity contribution in [3.63, 3.8) is 0 Å². The third-order valence-electron chi connectivity index (χ3n) is 4.03. The van der Waals surface area contributed by atoms with Gasteiger partial charge in [-0.1, -0.05) is 6.92 Å². The lowest BCUT2D eigenvalue weighted by atomic mass is 9.70. The number of methoxy groups -OCH3 is 1. The van der Waals surface area contributed by atoms with E-state index in [-0.39, 0.29) is 5.60 Å². The normalized spacial score (nSPS) is 31.2. The van der Waals surface area contributed by atoms with Crippen LogP contribution in [0.1, 0.15) is 32.6 Å². The molecule has 2 fully saturated rings. The lowest BCUT2D eigenvalue weighted by Gasteiger charge is -2.48. The van der Waals surface area contributed by atoms with Crippen molar-refractivity contribution >= 4 is 0 Å². The smallest absolute Gasteiger partial charge is 0.0834 e. The van der Waals surface area contributed by atoms with Gasteiger partial charge in [0.2, 0.25) is 0 Å². The monoisotopic (exact) mass is 213 g/mol. The number of nitrogens with one attached hydrogen (secondary N) is 1. The molecule has 1 saturated carbocycles. The first-order valence-electron chi connectivity index (χ1n) is 6.18. The van der Waals surface area contributed by atoms with E-state index in [9.17, 15) is 0 Å². The Hall–Kier alpha value is -0.120. The Morgan fingerprint density at radius 3 is 2.73 bits per heavy atom. The molecule has 1 aliphatic heterocycles. The third kappa shape index (κ3) is 2.05. The average molecular weight is 213 g/mol. The van der Waals surface area contributed by atoms with Gasteiger partial charge in [0.25, 0.3) is 0 Å². The number of hydrogen-bond donors (Lipinski definition) is 1. The second kappa shape index (κ2) is 4.81. The predicted octanol–water partition coefficient (Wildman–Crippen LogP) is 1.57. The Labute approximate surface area is 92.5 Å². The van der Waals surface area contributed by atoms with Gasteiger partial charge in [0.05, 0.1) is 12.2 Å². The Morgan fingerprint density at radius 2 is 2.33 bits per heavy atom. The van der Waals surface area contributed by atoms with Gasteiger partial charge in [-0.05, 0) is 32.2 Å². The van der Waals surface area contributed by atoms with Crippen LogP contribution in [0.3, 0.4) is 0 Å². The van der Waals surface area contributed by atoms with Crippen LogP contribution in [0.15, 0.2) is 0 Å². The lowest BCUT2D eigenvalue weighted by molar-refractivity contribution is -0.111. The fourth-order valence-electron chi connectivity index (χ4n) is 2.99. The Kier molecular flexibility index (Phi) is 3.65. The average Bonchev–Trinajstić information content (AvgIpc) is 2.68. The Balaban J connectivity index is 2.03. The molecule has 2 unspecified atom stereocenters. The van der Waals surface area contributed by atoms with E-state index in [4.69, 9.17) is 9.47 Å². The molecule has 0 aromatic heterocycles. The molecule has 15 heavy (non-hydrogen) atoms. The lowest BCUT2D eigenvalue weighted by Crippen LogP contribution is -2.59. The molecule has 0 bridgehead atoms. The predicted molar refractivity (Wildman–Crippen MR) is 60.0 cm³/mol. The zero-order valence-corrected chi connectivity index (χ0v) is 9.92. The van der Waals surface area contributed by atoms with Gasteiger partial charge in [0.15, 0.2) is 0 Å². The van der Waals surface area contributed by atoms with E-state index in [1.807, 2.05) is 7.11 Å². The molecule has 3 heteroatoms. The molecular formula is C12H23NO2. The van der Waals surface area contributed by atoms with Crippen molar-refractivity contribution in [2.45, 2.75) is 44.2 Å². The fourth-order valence-corrected chi connectivity index (χ4v) is 2.99. The van der Waals surface area contributed by atoms with Crippen LogP contribution in [0, 0.1) is 5.92 Å². The highest BCUT2D eigenvalue weighted by Crippen LogP contribution is 2.42. The maximum Gasteiger partial charge on any atom is 0.0834 e. The molecule has 2 aliphatic rings. The maximum absolute atomic E-state index is 5.78. The van der Waals surface area contributed by atoms with Crippen LogP contribution in [-0.2, 0) is 9.47 Å². The van der Waals surface area contributed by atoms with Gasteiger partial charge in [-0.3, -0.25) is 0 Å². The summed E-state index contributed by atoms with van der Waals surface area (Å²) >= 11 is 0. The number of ether oxygens (including phenoxy) is 2. The first-order valence-corrected chi connectivity index (χ1v) is 6.18. The van der Waals surface area contributed by atoms with E-state index in [2.05, 4.69) is 12.2 Å². The van der Waals surface area contributed by atoms with E-state index in [1.165, 1.54) is 25.7 Å². The second-order valence-corrected chi connectivity index (χ2v) is 4.78. The van der Waals surface area contributed by atoms with Crippen molar-refractivity contribution < 1.29 is 9.47 Å². The molecule has 1 heterocycles. The van der Waals surface area contributed by atoms with Gasteiger partial charge in [-0.15, -0.1) is 0 Å². The molecule has 1 saturated heterocycles. The number of hydrogen-bond acceptors (Lipinski definition) is 3. The van der Waals surface area contributed by atoms with E-state index < -0.39 is 0 Å². The van der Waals surface area contributed by atoms with Crippen molar-refractivity contribution in [3.05, 3.63) is 0 Å². The number of rotatable bonds is 5. The molecule has 1 N–H and O–H groups in total. The molecule has 3 nitrogen and oxygen atoms in total. The fraction of sp³-hybridized carbons (Fsp3) is 1.00. The molecule has 1 aliphatic carbocycles. The van der Waals surface area contributed by atoms with Crippen molar-refractivity contribution in [1.29, 1.82) is 0 Å². The third-order valence-corrected chi connectivity index (χ3v) is 4.03. The van der Waals surface area contributed by atoms with Crippen LogP contribution >= 0.6 is 0 Å². The van der Waals surface area contributed by atoms with Crippen molar-refractivity contribution in [3.8, 4) is 0 Å². The molecule has 2 atom stereocenters. The van der Waals surface area contributed by atoms with Crippen molar-refractivity contribution in [2.75, 3.05) is 26.9 Å². The summed E-state index contributed by atoms with van der Waals surface area (Å²) in [5.41, 5.74) is 0.106. The molecule has 88 valence electrons. The van der Waals surface area contributed by atoms with E-state index in [0.29, 0.717) is 12.0 Å². The second-order valence-electron chi connectivity index (χ2n) is 4.78. The van der Waals surface area contributed by atoms with E-state index >= 15 is 0 Å². The SMILES string of the molecule is CCNC(C1CCOC1)C1(OC)CCC1. The van der Waals surface area contributed by atoms with Gasteiger partial charge < -0.3 is 14.8 Å². The minimum absolute atomic E-state index is 0.106. The van der Waals surface area contributed by atoms with Crippen LogP contribution in [0.5, 0.6) is 0 Å². The Morgan fingerprint density at radius 1 is 1.53 bits per heavy atom. The summed E-state index contributed by atoms with van der Waals surface area (Å²) in [7, 11) is 1.86. The molecular weight excluding hydrogens is 190 g/mol. The first-order chi connectivity index (χ1) is 7.32.